The van der Waals surface area contributed by atoms with Crippen LogP contribution in [0, 0.1) is 0 Å². The molecule has 20 heavy (non-hydrogen) atoms. The van der Waals surface area contributed by atoms with Crippen LogP contribution in [0.5, 0.6) is 5.75 Å². The lowest BCUT2D eigenvalue weighted by atomic mass is 10.2. The first-order valence-corrected chi connectivity index (χ1v) is 7.57. The van der Waals surface area contributed by atoms with Gasteiger partial charge in [-0.1, -0.05) is 12.1 Å². The number of benzene rings is 1. The van der Waals surface area contributed by atoms with Crippen LogP contribution < -0.4 is 10.1 Å². The van der Waals surface area contributed by atoms with Gasteiger partial charge in [0, 0.05) is 26.2 Å². The molecule has 0 spiro atoms. The van der Waals surface area contributed by atoms with Crippen molar-refractivity contribution in [3.8, 4) is 5.75 Å². The van der Waals surface area contributed by atoms with Crippen LogP contribution in [0.15, 0.2) is 24.3 Å². The number of fused-ring (bicyclic) bond motifs is 2. The lowest BCUT2D eigenvalue weighted by Gasteiger charge is -2.31. The van der Waals surface area contributed by atoms with E-state index in [1.807, 2.05) is 7.05 Å². The largest absolute Gasteiger partial charge is 0.492 e. The second-order valence-electron chi connectivity index (χ2n) is 5.74. The Morgan fingerprint density at radius 1 is 1.20 bits per heavy atom. The molecular formula is C16H24N2O2. The fraction of sp³-hybridized carbons (Fsp3) is 0.625. The van der Waals surface area contributed by atoms with Gasteiger partial charge in [-0.15, -0.1) is 0 Å². The first-order chi connectivity index (χ1) is 9.83. The van der Waals surface area contributed by atoms with E-state index >= 15 is 0 Å². The molecule has 0 radical (unpaired) electrons. The van der Waals surface area contributed by atoms with E-state index < -0.39 is 0 Å². The number of morpholine rings is 1. The summed E-state index contributed by atoms with van der Waals surface area (Å²) in [5.74, 6) is 0.959. The number of nitrogens with one attached hydrogen (secondary N) is 1. The molecule has 0 saturated carbocycles. The minimum Gasteiger partial charge on any atom is -0.492 e. The number of rotatable bonds is 6. The molecule has 2 aliphatic rings. The Morgan fingerprint density at radius 2 is 1.90 bits per heavy atom. The molecule has 0 amide bonds. The van der Waals surface area contributed by atoms with Crippen molar-refractivity contribution in [3.05, 3.63) is 29.8 Å². The van der Waals surface area contributed by atoms with Crippen LogP contribution in [0.3, 0.4) is 0 Å². The van der Waals surface area contributed by atoms with Crippen molar-refractivity contribution in [3.63, 3.8) is 0 Å². The third kappa shape index (κ3) is 3.51. The highest BCUT2D eigenvalue weighted by Gasteiger charge is 2.33. The molecule has 2 atom stereocenters. The van der Waals surface area contributed by atoms with Gasteiger partial charge in [-0.2, -0.15) is 0 Å². The predicted molar refractivity (Wildman–Crippen MR) is 79.0 cm³/mol. The molecule has 4 nitrogen and oxygen atoms in total. The summed E-state index contributed by atoms with van der Waals surface area (Å²) in [4.78, 5) is 2.47. The standard InChI is InChI=1S/C16H24N2O2/c1-17-10-13-2-4-14(5-3-13)19-9-8-18-11-15-6-7-16(12-18)20-15/h2-5,15-17H,6-12H2,1H3. The zero-order valence-corrected chi connectivity index (χ0v) is 12.2. The van der Waals surface area contributed by atoms with Crippen LogP contribution in [-0.4, -0.2) is 50.4 Å². The molecule has 2 aliphatic heterocycles. The van der Waals surface area contributed by atoms with E-state index in [2.05, 4.69) is 34.5 Å². The molecule has 1 N–H and O–H groups in total. The summed E-state index contributed by atoms with van der Waals surface area (Å²) in [7, 11) is 1.96. The molecule has 3 rings (SSSR count). The van der Waals surface area contributed by atoms with E-state index in [0.717, 1.165) is 38.5 Å². The lowest BCUT2D eigenvalue weighted by molar-refractivity contribution is -0.0408. The monoisotopic (exact) mass is 276 g/mol. The van der Waals surface area contributed by atoms with Crippen LogP contribution in [-0.2, 0) is 11.3 Å². The van der Waals surface area contributed by atoms with Crippen molar-refractivity contribution in [2.75, 3.05) is 33.3 Å². The molecule has 1 aromatic rings. The second-order valence-corrected chi connectivity index (χ2v) is 5.74. The molecular weight excluding hydrogens is 252 g/mol. The van der Waals surface area contributed by atoms with Gasteiger partial charge in [0.25, 0.3) is 0 Å². The smallest absolute Gasteiger partial charge is 0.119 e. The van der Waals surface area contributed by atoms with Gasteiger partial charge in [-0.25, -0.2) is 0 Å². The first kappa shape index (κ1) is 13.9. The Bertz CT molecular complexity index is 409. The lowest BCUT2D eigenvalue weighted by Crippen LogP contribution is -2.44. The average Bonchev–Trinajstić information content (AvgIpc) is 2.80. The Balaban J connectivity index is 1.41. The van der Waals surface area contributed by atoms with E-state index in [-0.39, 0.29) is 0 Å². The number of hydrogen-bond donors (Lipinski definition) is 1. The number of nitrogens with zero attached hydrogens (tertiary/aromatic N) is 1. The highest BCUT2D eigenvalue weighted by molar-refractivity contribution is 5.27. The quantitative estimate of drug-likeness (QED) is 0.856. The maximum absolute atomic E-state index is 5.84. The van der Waals surface area contributed by atoms with Crippen molar-refractivity contribution in [1.29, 1.82) is 0 Å². The summed E-state index contributed by atoms with van der Waals surface area (Å²) in [6.07, 6.45) is 3.40. The summed E-state index contributed by atoms with van der Waals surface area (Å²) in [6.45, 7) is 4.79. The highest BCUT2D eigenvalue weighted by atomic mass is 16.5. The third-order valence-electron chi connectivity index (χ3n) is 4.10. The van der Waals surface area contributed by atoms with E-state index in [0.29, 0.717) is 12.2 Å². The van der Waals surface area contributed by atoms with Crippen LogP contribution in [0.2, 0.25) is 0 Å². The third-order valence-corrected chi connectivity index (χ3v) is 4.10. The maximum Gasteiger partial charge on any atom is 0.119 e. The van der Waals surface area contributed by atoms with Crippen LogP contribution in [0.1, 0.15) is 18.4 Å². The Morgan fingerprint density at radius 3 is 2.55 bits per heavy atom. The molecule has 110 valence electrons. The van der Waals surface area contributed by atoms with Gasteiger partial charge in [0.1, 0.15) is 12.4 Å². The van der Waals surface area contributed by atoms with Gasteiger partial charge in [-0.3, -0.25) is 4.90 Å². The number of hydrogen-bond acceptors (Lipinski definition) is 4. The highest BCUT2D eigenvalue weighted by Crippen LogP contribution is 2.25. The molecule has 4 heteroatoms. The Labute approximate surface area is 121 Å². The van der Waals surface area contributed by atoms with Crippen molar-refractivity contribution in [1.82, 2.24) is 10.2 Å². The zero-order chi connectivity index (χ0) is 13.8. The zero-order valence-electron chi connectivity index (χ0n) is 12.2. The van der Waals surface area contributed by atoms with Gasteiger partial charge in [0.15, 0.2) is 0 Å². The normalized spacial score (nSPS) is 25.9. The van der Waals surface area contributed by atoms with Crippen molar-refractivity contribution in [2.45, 2.75) is 31.6 Å². The fourth-order valence-electron chi connectivity index (χ4n) is 3.08. The van der Waals surface area contributed by atoms with Gasteiger partial charge >= 0.3 is 0 Å². The summed E-state index contributed by atoms with van der Waals surface area (Å²) in [6, 6.07) is 8.33. The topological polar surface area (TPSA) is 33.7 Å². The molecule has 2 bridgehead atoms. The Kier molecular flexibility index (Phi) is 4.55. The maximum atomic E-state index is 5.84. The summed E-state index contributed by atoms with van der Waals surface area (Å²) in [5, 5.41) is 3.14. The fourth-order valence-corrected chi connectivity index (χ4v) is 3.08. The molecule has 1 aromatic carbocycles. The second kappa shape index (κ2) is 6.57. The van der Waals surface area contributed by atoms with Crippen LogP contribution >= 0.6 is 0 Å². The van der Waals surface area contributed by atoms with E-state index in [1.54, 1.807) is 0 Å². The summed E-state index contributed by atoms with van der Waals surface area (Å²) >= 11 is 0. The van der Waals surface area contributed by atoms with E-state index in [1.165, 1.54) is 18.4 Å². The first-order valence-electron chi connectivity index (χ1n) is 7.57. The van der Waals surface area contributed by atoms with E-state index in [4.69, 9.17) is 9.47 Å². The van der Waals surface area contributed by atoms with Gasteiger partial charge in [-0.05, 0) is 37.6 Å². The minimum atomic E-state index is 0.467. The van der Waals surface area contributed by atoms with Gasteiger partial charge in [0.05, 0.1) is 12.2 Å². The average molecular weight is 276 g/mol. The Hall–Kier alpha value is -1.10. The minimum absolute atomic E-state index is 0.467. The number of likely N-dealkylation sites (tertiary alicyclic amines) is 1. The van der Waals surface area contributed by atoms with Crippen molar-refractivity contribution < 1.29 is 9.47 Å². The summed E-state index contributed by atoms with van der Waals surface area (Å²) in [5.41, 5.74) is 1.28. The van der Waals surface area contributed by atoms with E-state index in [9.17, 15) is 0 Å². The van der Waals surface area contributed by atoms with Crippen molar-refractivity contribution in [2.24, 2.45) is 0 Å². The number of ether oxygens (including phenoxy) is 2. The molecule has 2 heterocycles. The van der Waals surface area contributed by atoms with Gasteiger partial charge in [0.2, 0.25) is 0 Å². The SMILES string of the molecule is CNCc1ccc(OCCN2CC3CCC(C2)O3)cc1. The molecule has 2 fully saturated rings. The molecule has 2 unspecified atom stereocenters. The molecule has 0 aliphatic carbocycles. The molecule has 0 aromatic heterocycles. The van der Waals surface area contributed by atoms with Crippen LogP contribution in [0.4, 0.5) is 0 Å². The van der Waals surface area contributed by atoms with Crippen LogP contribution in [0.25, 0.3) is 0 Å². The predicted octanol–water partition coefficient (Wildman–Crippen LogP) is 1.65. The summed E-state index contributed by atoms with van der Waals surface area (Å²) < 4.78 is 11.7. The van der Waals surface area contributed by atoms with Crippen molar-refractivity contribution >= 4 is 0 Å². The van der Waals surface area contributed by atoms with Gasteiger partial charge < -0.3 is 14.8 Å². The molecule has 2 saturated heterocycles.